The van der Waals surface area contributed by atoms with E-state index in [0.29, 0.717) is 16.5 Å². The third-order valence-corrected chi connectivity index (χ3v) is 4.90. The lowest BCUT2D eigenvalue weighted by Gasteiger charge is -2.14. The van der Waals surface area contributed by atoms with Gasteiger partial charge in [0.2, 0.25) is 5.91 Å². The van der Waals surface area contributed by atoms with Gasteiger partial charge in [-0.25, -0.2) is 0 Å². The van der Waals surface area contributed by atoms with Crippen LogP contribution in [0.5, 0.6) is 5.75 Å². The lowest BCUT2D eigenvalue weighted by molar-refractivity contribution is -0.137. The number of primary amides is 1. The van der Waals surface area contributed by atoms with Crippen molar-refractivity contribution in [2.75, 3.05) is 0 Å². The summed E-state index contributed by atoms with van der Waals surface area (Å²) in [4.78, 5) is 11.9. The fourth-order valence-corrected chi connectivity index (χ4v) is 3.61. The number of fused-ring (bicyclic) bond motifs is 3. The number of hydrogen-bond donors (Lipinski definition) is 1. The van der Waals surface area contributed by atoms with Crippen LogP contribution in [0.4, 0.5) is 22.0 Å². The van der Waals surface area contributed by atoms with Gasteiger partial charge in [-0.3, -0.25) is 4.79 Å². The Hall–Kier alpha value is -3.62. The number of amides is 1. The summed E-state index contributed by atoms with van der Waals surface area (Å²) in [6.07, 6.45) is -4.62. The number of alkyl halides is 5. The van der Waals surface area contributed by atoms with Gasteiger partial charge in [0, 0.05) is 21.9 Å². The van der Waals surface area contributed by atoms with Gasteiger partial charge in [0.05, 0.1) is 23.1 Å². The Kier molecular flexibility index (Phi) is 5.04. The molecular formula is C22H14F5N2O2. The lowest BCUT2D eigenvalue weighted by Crippen LogP contribution is -2.11. The number of carbonyl (C=O) groups is 1. The summed E-state index contributed by atoms with van der Waals surface area (Å²) in [7, 11) is 0. The Bertz CT molecular complexity index is 1290. The number of aromatic nitrogens is 1. The second-order valence-electron chi connectivity index (χ2n) is 6.78. The number of halogens is 5. The monoisotopic (exact) mass is 433 g/mol. The van der Waals surface area contributed by atoms with Gasteiger partial charge in [-0.15, -0.1) is 0 Å². The maximum absolute atomic E-state index is 13.3. The van der Waals surface area contributed by atoms with Gasteiger partial charge < -0.3 is 15.0 Å². The average Bonchev–Trinajstić information content (AvgIpc) is 3.01. The molecule has 0 bridgehead atoms. The van der Waals surface area contributed by atoms with Gasteiger partial charge in [0.25, 0.3) is 0 Å². The zero-order chi connectivity index (χ0) is 22.3. The lowest BCUT2D eigenvalue weighted by atomic mass is 10.0. The average molecular weight is 433 g/mol. The summed E-state index contributed by atoms with van der Waals surface area (Å²) >= 11 is 0. The number of carbonyl (C=O) groups excluding carboxylic acids is 1. The van der Waals surface area contributed by atoms with Gasteiger partial charge in [-0.05, 0) is 36.4 Å². The quantitative estimate of drug-likeness (QED) is 0.431. The number of para-hydroxylation sites is 1. The van der Waals surface area contributed by atoms with Crippen LogP contribution in [0.25, 0.3) is 21.8 Å². The van der Waals surface area contributed by atoms with Crippen LogP contribution < -0.4 is 10.5 Å². The molecule has 0 atom stereocenters. The van der Waals surface area contributed by atoms with Crippen molar-refractivity contribution in [3.8, 4) is 5.75 Å². The van der Waals surface area contributed by atoms with Crippen molar-refractivity contribution < 1.29 is 31.5 Å². The molecule has 0 aliphatic carbocycles. The van der Waals surface area contributed by atoms with E-state index in [-0.39, 0.29) is 28.8 Å². The van der Waals surface area contributed by atoms with Crippen molar-refractivity contribution in [2.45, 2.75) is 19.3 Å². The summed E-state index contributed by atoms with van der Waals surface area (Å²) in [5.41, 5.74) is 5.52. The SMILES string of the molecule is NC(=O)c1cccc2c1c1[c]cc(C(F)(F)F)cc1n2Cc1ccccc1OC(F)F. The Morgan fingerprint density at radius 2 is 1.84 bits per heavy atom. The normalized spacial score (nSPS) is 12.1. The van der Waals surface area contributed by atoms with E-state index in [9.17, 15) is 26.7 Å². The van der Waals surface area contributed by atoms with Crippen LogP contribution in [0.15, 0.2) is 54.6 Å². The van der Waals surface area contributed by atoms with Crippen molar-refractivity contribution >= 4 is 27.7 Å². The second kappa shape index (κ2) is 7.57. The molecule has 0 saturated heterocycles. The largest absolute Gasteiger partial charge is 0.434 e. The summed E-state index contributed by atoms with van der Waals surface area (Å²) in [6, 6.07) is 15.0. The maximum Gasteiger partial charge on any atom is 0.416 e. The van der Waals surface area contributed by atoms with E-state index in [0.717, 1.165) is 12.1 Å². The van der Waals surface area contributed by atoms with Crippen LogP contribution in [0.1, 0.15) is 21.5 Å². The van der Waals surface area contributed by atoms with Gasteiger partial charge in [0.1, 0.15) is 5.75 Å². The van der Waals surface area contributed by atoms with Gasteiger partial charge in [-0.1, -0.05) is 24.3 Å². The highest BCUT2D eigenvalue weighted by Gasteiger charge is 2.31. The summed E-state index contributed by atoms with van der Waals surface area (Å²) < 4.78 is 71.7. The first-order valence-electron chi connectivity index (χ1n) is 9.03. The molecule has 1 radical (unpaired) electrons. The number of hydrogen-bond acceptors (Lipinski definition) is 2. The van der Waals surface area contributed by atoms with E-state index >= 15 is 0 Å². The predicted octanol–water partition coefficient (Wildman–Crippen LogP) is 5.36. The molecule has 4 nitrogen and oxygen atoms in total. The molecule has 1 heterocycles. The molecule has 0 spiro atoms. The predicted molar refractivity (Wildman–Crippen MR) is 104 cm³/mol. The first-order valence-corrected chi connectivity index (χ1v) is 9.03. The highest BCUT2D eigenvalue weighted by atomic mass is 19.4. The molecule has 31 heavy (non-hydrogen) atoms. The van der Waals surface area contributed by atoms with Crippen LogP contribution in [-0.2, 0) is 12.7 Å². The second-order valence-corrected chi connectivity index (χ2v) is 6.78. The molecular weight excluding hydrogens is 419 g/mol. The van der Waals surface area contributed by atoms with Crippen molar-refractivity contribution in [1.82, 2.24) is 4.57 Å². The van der Waals surface area contributed by atoms with Gasteiger partial charge >= 0.3 is 12.8 Å². The van der Waals surface area contributed by atoms with Crippen molar-refractivity contribution in [2.24, 2.45) is 5.73 Å². The molecule has 2 N–H and O–H groups in total. The van der Waals surface area contributed by atoms with Crippen molar-refractivity contribution in [1.29, 1.82) is 0 Å². The maximum atomic E-state index is 13.3. The van der Waals surface area contributed by atoms with E-state index in [1.807, 2.05) is 0 Å². The summed E-state index contributed by atoms with van der Waals surface area (Å²) in [6.45, 7) is -3.15. The zero-order valence-electron chi connectivity index (χ0n) is 15.7. The van der Waals surface area contributed by atoms with E-state index in [2.05, 4.69) is 10.8 Å². The number of nitrogens with two attached hydrogens (primary N) is 1. The fourth-order valence-electron chi connectivity index (χ4n) is 3.61. The molecule has 1 aromatic heterocycles. The molecule has 0 saturated carbocycles. The molecule has 4 aromatic rings. The Morgan fingerprint density at radius 3 is 2.52 bits per heavy atom. The first-order chi connectivity index (χ1) is 14.7. The molecule has 9 heteroatoms. The Balaban J connectivity index is 2.01. The van der Waals surface area contributed by atoms with E-state index < -0.39 is 24.3 Å². The highest BCUT2D eigenvalue weighted by molar-refractivity contribution is 6.17. The molecule has 0 aliphatic rings. The molecule has 0 fully saturated rings. The molecule has 0 aliphatic heterocycles. The number of nitrogens with zero attached hydrogens (tertiary/aromatic N) is 1. The Labute approximate surface area is 172 Å². The van der Waals surface area contributed by atoms with Crippen molar-refractivity contribution in [3.63, 3.8) is 0 Å². The van der Waals surface area contributed by atoms with Crippen LogP contribution in [0.3, 0.4) is 0 Å². The molecule has 159 valence electrons. The number of benzene rings is 3. The molecule has 4 rings (SSSR count). The van der Waals surface area contributed by atoms with E-state index in [1.165, 1.54) is 28.8 Å². The smallest absolute Gasteiger partial charge is 0.416 e. The van der Waals surface area contributed by atoms with E-state index in [4.69, 9.17) is 5.73 Å². The fraction of sp³-hybridized carbons (Fsp3) is 0.136. The number of rotatable bonds is 5. The molecule has 3 aromatic carbocycles. The summed E-state index contributed by atoms with van der Waals surface area (Å²) in [5, 5.41) is 0.607. The summed E-state index contributed by atoms with van der Waals surface area (Å²) in [5.74, 6) is -0.853. The Morgan fingerprint density at radius 1 is 1.10 bits per heavy atom. The topological polar surface area (TPSA) is 57.2 Å². The minimum atomic E-state index is -4.62. The van der Waals surface area contributed by atoms with Crippen LogP contribution in [0.2, 0.25) is 0 Å². The third kappa shape index (κ3) is 3.78. The standard InChI is InChI=1S/C22H14F5N2O2/c23-21(24)31-18-7-2-1-4-12(18)11-29-16-6-3-5-15(20(28)30)19(16)14-9-8-13(10-17(14)29)22(25,26)27/h1-8,10,21H,11H2,(H2,28,30). The third-order valence-electron chi connectivity index (χ3n) is 4.90. The van der Waals surface area contributed by atoms with Crippen LogP contribution in [0, 0.1) is 6.07 Å². The minimum absolute atomic E-state index is 0.0831. The number of ether oxygens (including phenoxy) is 1. The van der Waals surface area contributed by atoms with Gasteiger partial charge in [0.15, 0.2) is 0 Å². The van der Waals surface area contributed by atoms with Crippen molar-refractivity contribution in [3.05, 3.63) is 77.4 Å². The van der Waals surface area contributed by atoms with Gasteiger partial charge in [-0.2, -0.15) is 22.0 Å². The van der Waals surface area contributed by atoms with E-state index in [1.54, 1.807) is 18.2 Å². The highest BCUT2D eigenvalue weighted by Crippen LogP contribution is 2.37. The minimum Gasteiger partial charge on any atom is -0.434 e. The first kappa shape index (κ1) is 20.6. The van der Waals surface area contributed by atoms with Crippen LogP contribution >= 0.6 is 0 Å². The van der Waals surface area contributed by atoms with Crippen LogP contribution in [-0.4, -0.2) is 17.1 Å². The zero-order valence-corrected chi connectivity index (χ0v) is 15.7. The molecule has 1 amide bonds. The molecule has 0 unspecified atom stereocenters.